The Labute approximate surface area is 141 Å². The number of hydrogen-bond acceptors (Lipinski definition) is 5. The maximum Gasteiger partial charge on any atom is 0.416 e. The monoisotopic (exact) mass is 355 g/mol. The predicted molar refractivity (Wildman–Crippen MR) is 80.9 cm³/mol. The molecular weight excluding hydrogens is 339 g/mol. The Kier molecular flexibility index (Phi) is 4.93. The van der Waals surface area contributed by atoms with E-state index in [0.29, 0.717) is 32.4 Å². The molecule has 9 heteroatoms. The van der Waals surface area contributed by atoms with Gasteiger partial charge < -0.3 is 9.57 Å². The van der Waals surface area contributed by atoms with Crippen molar-refractivity contribution in [2.45, 2.75) is 25.1 Å². The molecule has 0 atom stereocenters. The summed E-state index contributed by atoms with van der Waals surface area (Å²) in [5, 5.41) is 5.46. The van der Waals surface area contributed by atoms with Gasteiger partial charge in [0.05, 0.1) is 11.3 Å². The molecule has 1 aromatic carbocycles. The predicted octanol–water partition coefficient (Wildman–Crippen LogP) is 2.82. The second-order valence-corrected chi connectivity index (χ2v) is 5.61. The van der Waals surface area contributed by atoms with Crippen LogP contribution in [0.2, 0.25) is 0 Å². The lowest BCUT2D eigenvalue weighted by molar-refractivity contribution is -0.181. The van der Waals surface area contributed by atoms with Crippen molar-refractivity contribution in [1.29, 1.82) is 0 Å². The molecule has 0 unspecified atom stereocenters. The second kappa shape index (κ2) is 7.14. The van der Waals surface area contributed by atoms with Crippen molar-refractivity contribution < 1.29 is 27.5 Å². The van der Waals surface area contributed by atoms with E-state index in [1.165, 1.54) is 22.0 Å². The Bertz CT molecular complexity index is 711. The highest BCUT2D eigenvalue weighted by atomic mass is 19.4. The molecule has 2 aromatic rings. The quantitative estimate of drug-likeness (QED) is 0.772. The van der Waals surface area contributed by atoms with E-state index in [9.17, 15) is 18.0 Å². The summed E-state index contributed by atoms with van der Waals surface area (Å²) < 4.78 is 46.6. The number of hydrogen-bond donors (Lipinski definition) is 0. The van der Waals surface area contributed by atoms with Crippen LogP contribution in [0.4, 0.5) is 13.2 Å². The molecule has 1 saturated heterocycles. The molecule has 1 aromatic heterocycles. The van der Waals surface area contributed by atoms with Gasteiger partial charge >= 0.3 is 12.6 Å². The van der Waals surface area contributed by atoms with E-state index in [4.69, 9.17) is 9.57 Å². The van der Waals surface area contributed by atoms with Gasteiger partial charge in [-0.3, -0.25) is 4.79 Å². The van der Waals surface area contributed by atoms with Gasteiger partial charge in [0.15, 0.2) is 0 Å². The van der Waals surface area contributed by atoms with Crippen molar-refractivity contribution in [1.82, 2.24) is 14.8 Å². The average molecular weight is 355 g/mol. The van der Waals surface area contributed by atoms with Crippen LogP contribution in [0.1, 0.15) is 18.4 Å². The molecule has 0 spiro atoms. The summed E-state index contributed by atoms with van der Waals surface area (Å²) in [6.45, 7) is 1.28. The molecule has 1 aliphatic rings. The van der Waals surface area contributed by atoms with Gasteiger partial charge in [0.25, 0.3) is 0 Å². The molecule has 0 N–H and O–H groups in total. The summed E-state index contributed by atoms with van der Waals surface area (Å²) in [5.74, 6) is 0.134. The first-order valence-electron chi connectivity index (χ1n) is 7.70. The highest BCUT2D eigenvalue weighted by molar-refractivity contribution is 5.44. The van der Waals surface area contributed by atoms with Gasteiger partial charge in [0.1, 0.15) is 11.9 Å². The lowest BCUT2D eigenvalue weighted by atomic mass is 10.1. The van der Waals surface area contributed by atoms with Crippen LogP contribution in [0.25, 0.3) is 5.69 Å². The number of aromatic nitrogens is 2. The summed E-state index contributed by atoms with van der Waals surface area (Å²) in [6.07, 6.45) is -0.594. The Morgan fingerprint density at radius 3 is 2.56 bits per heavy atom. The van der Waals surface area contributed by atoms with E-state index < -0.39 is 11.7 Å². The van der Waals surface area contributed by atoms with Gasteiger partial charge in [-0.15, -0.1) is 5.06 Å². The van der Waals surface area contributed by atoms with Gasteiger partial charge in [-0.25, -0.2) is 4.68 Å². The molecule has 2 heterocycles. The molecule has 0 saturated carbocycles. The fourth-order valence-corrected chi connectivity index (χ4v) is 2.68. The molecule has 1 aliphatic heterocycles. The van der Waals surface area contributed by atoms with Gasteiger partial charge in [0.2, 0.25) is 0 Å². The van der Waals surface area contributed by atoms with Gasteiger partial charge in [-0.05, 0) is 18.2 Å². The number of benzene rings is 1. The molecule has 0 amide bonds. The summed E-state index contributed by atoms with van der Waals surface area (Å²) in [7, 11) is 0. The molecule has 25 heavy (non-hydrogen) atoms. The number of rotatable bonds is 5. The SMILES string of the molecule is O=CON1CCC(Oc2cc(-n3cccn3)cc(C(F)(F)F)c2)CC1. The summed E-state index contributed by atoms with van der Waals surface area (Å²) >= 11 is 0. The number of nitrogens with zero attached hydrogens (tertiary/aromatic N) is 3. The van der Waals surface area contributed by atoms with Crippen molar-refractivity contribution >= 4 is 6.47 Å². The van der Waals surface area contributed by atoms with E-state index >= 15 is 0 Å². The van der Waals surface area contributed by atoms with Crippen LogP contribution in [0.3, 0.4) is 0 Å². The number of halogens is 3. The van der Waals surface area contributed by atoms with Crippen LogP contribution in [0, 0.1) is 0 Å². The van der Waals surface area contributed by atoms with E-state index in [1.54, 1.807) is 12.3 Å². The number of alkyl halides is 3. The average Bonchev–Trinajstić information content (AvgIpc) is 3.10. The molecule has 6 nitrogen and oxygen atoms in total. The first kappa shape index (κ1) is 17.3. The highest BCUT2D eigenvalue weighted by Gasteiger charge is 2.32. The molecule has 0 radical (unpaired) electrons. The summed E-state index contributed by atoms with van der Waals surface area (Å²) in [6, 6.07) is 5.17. The standard InChI is InChI=1S/C16H16F3N3O3/c17-16(18,19)12-8-13(22-5-1-4-20-22)10-15(9-12)25-14-2-6-21(7-3-14)24-11-23/h1,4-5,8-11,14H,2-3,6-7H2. The van der Waals surface area contributed by atoms with Crippen LogP contribution in [-0.2, 0) is 15.8 Å². The maximum atomic E-state index is 13.2. The summed E-state index contributed by atoms with van der Waals surface area (Å²) in [4.78, 5) is 15.1. The van der Waals surface area contributed by atoms with Crippen LogP contribution in [0.15, 0.2) is 36.7 Å². The van der Waals surface area contributed by atoms with Gasteiger partial charge in [0, 0.05) is 44.4 Å². The molecule has 0 aliphatic carbocycles. The van der Waals surface area contributed by atoms with Crippen molar-refractivity contribution in [2.75, 3.05) is 13.1 Å². The largest absolute Gasteiger partial charge is 0.490 e. The van der Waals surface area contributed by atoms with E-state index in [1.807, 2.05) is 0 Å². The lowest BCUT2D eigenvalue weighted by Crippen LogP contribution is -2.38. The molecule has 3 rings (SSSR count). The van der Waals surface area contributed by atoms with E-state index in [-0.39, 0.29) is 17.5 Å². The zero-order chi connectivity index (χ0) is 17.9. The summed E-state index contributed by atoms with van der Waals surface area (Å²) in [5.41, 5.74) is -0.520. The van der Waals surface area contributed by atoms with Crippen molar-refractivity contribution in [3.63, 3.8) is 0 Å². The van der Waals surface area contributed by atoms with Crippen molar-refractivity contribution in [2.24, 2.45) is 0 Å². The van der Waals surface area contributed by atoms with E-state index in [0.717, 1.165) is 12.1 Å². The molecular formula is C16H16F3N3O3. The van der Waals surface area contributed by atoms with Gasteiger partial charge in [-0.1, -0.05) is 0 Å². The normalized spacial score (nSPS) is 16.6. The van der Waals surface area contributed by atoms with Crippen molar-refractivity contribution in [3.05, 3.63) is 42.2 Å². The molecule has 1 fully saturated rings. The minimum Gasteiger partial charge on any atom is -0.490 e. The second-order valence-electron chi connectivity index (χ2n) is 5.61. The van der Waals surface area contributed by atoms with Crippen LogP contribution < -0.4 is 4.74 Å². The molecule has 0 bridgehead atoms. The van der Waals surface area contributed by atoms with Crippen LogP contribution >= 0.6 is 0 Å². The lowest BCUT2D eigenvalue weighted by Gasteiger charge is -2.29. The number of carbonyl (C=O) groups is 1. The Morgan fingerprint density at radius 1 is 1.20 bits per heavy atom. The third kappa shape index (κ3) is 4.30. The van der Waals surface area contributed by atoms with Crippen LogP contribution in [-0.4, -0.2) is 40.5 Å². The first-order chi connectivity index (χ1) is 12.0. The van der Waals surface area contributed by atoms with Crippen LogP contribution in [0.5, 0.6) is 5.75 Å². The fourth-order valence-electron chi connectivity index (χ4n) is 2.68. The first-order valence-corrected chi connectivity index (χ1v) is 7.70. The minimum atomic E-state index is -4.48. The molecule has 134 valence electrons. The van der Waals surface area contributed by atoms with Gasteiger partial charge in [-0.2, -0.15) is 18.3 Å². The zero-order valence-electron chi connectivity index (χ0n) is 13.1. The fraction of sp³-hybridized carbons (Fsp3) is 0.375. The number of piperidine rings is 1. The Hall–Kier alpha value is -2.55. The zero-order valence-corrected chi connectivity index (χ0v) is 13.1. The van der Waals surface area contributed by atoms with Crippen molar-refractivity contribution in [3.8, 4) is 11.4 Å². The number of carbonyl (C=O) groups excluding carboxylic acids is 1. The minimum absolute atomic E-state index is 0.134. The topological polar surface area (TPSA) is 56.6 Å². The maximum absolute atomic E-state index is 13.2. The third-order valence-electron chi connectivity index (χ3n) is 3.88. The highest BCUT2D eigenvalue weighted by Crippen LogP contribution is 2.34. The number of ether oxygens (including phenoxy) is 1. The Morgan fingerprint density at radius 2 is 1.96 bits per heavy atom. The smallest absolute Gasteiger partial charge is 0.416 e. The number of hydroxylamine groups is 2. The Balaban J connectivity index is 1.79. The van der Waals surface area contributed by atoms with E-state index in [2.05, 4.69) is 5.10 Å². The third-order valence-corrected chi connectivity index (χ3v) is 3.88.